The Bertz CT molecular complexity index is 745. The number of nitrogens with one attached hydrogen (secondary N) is 1. The minimum absolute atomic E-state index is 0.0743. The lowest BCUT2D eigenvalue weighted by Gasteiger charge is -2.22. The van der Waals surface area contributed by atoms with Crippen LogP contribution in [0.1, 0.15) is 44.9 Å². The molecular weight excluding hydrogens is 428 g/mol. The van der Waals surface area contributed by atoms with E-state index >= 15 is 0 Å². The van der Waals surface area contributed by atoms with Gasteiger partial charge in [-0.3, -0.25) is 4.79 Å². The van der Waals surface area contributed by atoms with Crippen molar-refractivity contribution in [3.63, 3.8) is 0 Å². The molecule has 8 heteroatoms. The van der Waals surface area contributed by atoms with Crippen molar-refractivity contribution in [2.75, 3.05) is 5.75 Å². The number of thioether (sulfide) groups is 1. The van der Waals surface area contributed by atoms with Gasteiger partial charge < -0.3 is 14.6 Å². The van der Waals surface area contributed by atoms with E-state index in [1.165, 1.54) is 31.0 Å². The topological polar surface area (TPSA) is 69.0 Å². The zero-order valence-electron chi connectivity index (χ0n) is 15.5. The quantitative estimate of drug-likeness (QED) is 0.608. The number of aromatic nitrogens is 3. The van der Waals surface area contributed by atoms with Gasteiger partial charge in [0.2, 0.25) is 5.91 Å². The van der Waals surface area contributed by atoms with E-state index in [1.54, 1.807) is 0 Å². The first-order valence-corrected chi connectivity index (χ1v) is 11.2. The number of carbonyl (C=O) groups is 1. The monoisotopic (exact) mass is 452 g/mol. The molecule has 1 aromatic heterocycles. The van der Waals surface area contributed by atoms with Gasteiger partial charge in [0.25, 0.3) is 0 Å². The number of hydrogen-bond donors (Lipinski definition) is 1. The second-order valence-corrected chi connectivity index (χ2v) is 8.43. The molecule has 0 aliphatic heterocycles. The predicted molar refractivity (Wildman–Crippen MR) is 110 cm³/mol. The van der Waals surface area contributed by atoms with Crippen molar-refractivity contribution < 1.29 is 9.53 Å². The fraction of sp³-hybridized carbons (Fsp3) is 0.526. The Balaban J connectivity index is 1.51. The molecule has 1 amide bonds. The molecule has 3 rings (SSSR count). The van der Waals surface area contributed by atoms with Gasteiger partial charge in [-0.05, 0) is 44.0 Å². The molecule has 0 bridgehead atoms. The van der Waals surface area contributed by atoms with Gasteiger partial charge >= 0.3 is 0 Å². The summed E-state index contributed by atoms with van der Waals surface area (Å²) in [6.07, 6.45) is 5.90. The van der Waals surface area contributed by atoms with Crippen LogP contribution in [-0.4, -0.2) is 32.5 Å². The molecule has 0 saturated heterocycles. The van der Waals surface area contributed by atoms with Crippen molar-refractivity contribution in [2.45, 2.75) is 63.4 Å². The zero-order chi connectivity index (χ0) is 19.1. The Morgan fingerprint density at radius 1 is 1.26 bits per heavy atom. The standard InChI is InChI=1S/C19H25BrN4O2S/c1-2-24-17(12-26-16-10-8-14(20)9-11-16)22-23-19(24)27-13-18(25)21-15-6-4-3-5-7-15/h8-11,15H,2-7,12-13H2,1H3,(H,21,25). The number of nitrogens with zero attached hydrogens (tertiary/aromatic N) is 3. The second-order valence-electron chi connectivity index (χ2n) is 6.58. The van der Waals surface area contributed by atoms with Gasteiger partial charge in [0.1, 0.15) is 12.4 Å². The first kappa shape index (κ1) is 20.2. The van der Waals surface area contributed by atoms with Crippen LogP contribution in [-0.2, 0) is 17.9 Å². The Morgan fingerprint density at radius 3 is 2.70 bits per heavy atom. The molecule has 0 atom stereocenters. The summed E-state index contributed by atoms with van der Waals surface area (Å²) < 4.78 is 8.80. The van der Waals surface area contributed by atoms with E-state index in [1.807, 2.05) is 35.8 Å². The summed E-state index contributed by atoms with van der Waals surface area (Å²) in [5, 5.41) is 12.4. The van der Waals surface area contributed by atoms with Crippen molar-refractivity contribution in [2.24, 2.45) is 0 Å². The molecule has 1 saturated carbocycles. The Kier molecular flexibility index (Phi) is 7.58. The molecule has 6 nitrogen and oxygen atoms in total. The highest BCUT2D eigenvalue weighted by Crippen LogP contribution is 2.21. The maximum Gasteiger partial charge on any atom is 0.230 e. The summed E-state index contributed by atoms with van der Waals surface area (Å²) in [5.41, 5.74) is 0. The lowest BCUT2D eigenvalue weighted by Crippen LogP contribution is -2.37. The van der Waals surface area contributed by atoms with Gasteiger partial charge in [0.15, 0.2) is 11.0 Å². The number of benzene rings is 1. The molecule has 27 heavy (non-hydrogen) atoms. The van der Waals surface area contributed by atoms with Crippen LogP contribution in [0.3, 0.4) is 0 Å². The zero-order valence-corrected chi connectivity index (χ0v) is 17.9. The van der Waals surface area contributed by atoms with Gasteiger partial charge in [-0.15, -0.1) is 10.2 Å². The van der Waals surface area contributed by atoms with Crippen molar-refractivity contribution in [3.05, 3.63) is 34.6 Å². The molecule has 0 radical (unpaired) electrons. The fourth-order valence-corrected chi connectivity index (χ4v) is 4.27. The van der Waals surface area contributed by atoms with E-state index in [-0.39, 0.29) is 5.91 Å². The average molecular weight is 453 g/mol. The summed E-state index contributed by atoms with van der Waals surface area (Å²) >= 11 is 4.84. The SMILES string of the molecule is CCn1c(COc2ccc(Br)cc2)nnc1SCC(=O)NC1CCCCC1. The number of halogens is 1. The predicted octanol–water partition coefficient (Wildman–Crippen LogP) is 4.18. The second kappa shape index (κ2) is 10.1. The Labute approximate surface area is 172 Å². The van der Waals surface area contributed by atoms with Crippen LogP contribution in [0.4, 0.5) is 0 Å². The average Bonchev–Trinajstić information content (AvgIpc) is 3.08. The van der Waals surface area contributed by atoms with Gasteiger partial charge in [0.05, 0.1) is 5.75 Å². The van der Waals surface area contributed by atoms with Crippen molar-refractivity contribution >= 4 is 33.6 Å². The minimum atomic E-state index is 0.0743. The smallest absolute Gasteiger partial charge is 0.230 e. The van der Waals surface area contributed by atoms with E-state index in [9.17, 15) is 4.79 Å². The van der Waals surface area contributed by atoms with E-state index in [4.69, 9.17) is 4.74 Å². The van der Waals surface area contributed by atoms with Crippen LogP contribution >= 0.6 is 27.7 Å². The first-order valence-electron chi connectivity index (χ1n) is 9.38. The summed E-state index contributed by atoms with van der Waals surface area (Å²) in [6.45, 7) is 3.12. The Hall–Kier alpha value is -1.54. The maximum atomic E-state index is 12.2. The molecule has 0 unspecified atom stereocenters. The van der Waals surface area contributed by atoms with Gasteiger partial charge in [-0.25, -0.2) is 0 Å². The molecular formula is C19H25BrN4O2S. The largest absolute Gasteiger partial charge is 0.486 e. The van der Waals surface area contributed by atoms with E-state index in [0.29, 0.717) is 18.4 Å². The van der Waals surface area contributed by atoms with Crippen LogP contribution < -0.4 is 10.1 Å². The van der Waals surface area contributed by atoms with Crippen LogP contribution in [0.15, 0.2) is 33.9 Å². The maximum absolute atomic E-state index is 12.2. The van der Waals surface area contributed by atoms with Crippen LogP contribution in [0.2, 0.25) is 0 Å². The third kappa shape index (κ3) is 5.97. The van der Waals surface area contributed by atoms with E-state index in [2.05, 4.69) is 31.4 Å². The lowest BCUT2D eigenvalue weighted by atomic mass is 9.95. The molecule has 1 aliphatic carbocycles. The molecule has 1 aliphatic rings. The first-order chi connectivity index (χ1) is 13.2. The molecule has 1 aromatic carbocycles. The summed E-state index contributed by atoms with van der Waals surface area (Å²) in [7, 11) is 0. The molecule has 1 N–H and O–H groups in total. The molecule has 0 spiro atoms. The normalized spacial score (nSPS) is 14.9. The van der Waals surface area contributed by atoms with Crippen LogP contribution in [0, 0.1) is 0 Å². The highest BCUT2D eigenvalue weighted by molar-refractivity contribution is 9.10. The van der Waals surface area contributed by atoms with Crippen molar-refractivity contribution in [1.29, 1.82) is 0 Å². The summed E-state index contributed by atoms with van der Waals surface area (Å²) in [4.78, 5) is 12.2. The number of ether oxygens (including phenoxy) is 1. The van der Waals surface area contributed by atoms with Gasteiger partial charge in [-0.1, -0.05) is 47.0 Å². The van der Waals surface area contributed by atoms with Crippen molar-refractivity contribution in [3.8, 4) is 5.75 Å². The summed E-state index contributed by atoms with van der Waals surface area (Å²) in [6, 6.07) is 8.02. The number of amides is 1. The highest BCUT2D eigenvalue weighted by atomic mass is 79.9. The van der Waals surface area contributed by atoms with Gasteiger partial charge in [-0.2, -0.15) is 0 Å². The summed E-state index contributed by atoms with van der Waals surface area (Å²) in [5.74, 6) is 1.98. The third-order valence-electron chi connectivity index (χ3n) is 4.59. The fourth-order valence-electron chi connectivity index (χ4n) is 3.18. The lowest BCUT2D eigenvalue weighted by molar-refractivity contribution is -0.119. The molecule has 146 valence electrons. The minimum Gasteiger partial charge on any atom is -0.486 e. The highest BCUT2D eigenvalue weighted by Gasteiger charge is 2.17. The van der Waals surface area contributed by atoms with Crippen molar-refractivity contribution in [1.82, 2.24) is 20.1 Å². The van der Waals surface area contributed by atoms with E-state index in [0.717, 1.165) is 40.6 Å². The van der Waals surface area contributed by atoms with Gasteiger partial charge in [0, 0.05) is 17.1 Å². The Morgan fingerprint density at radius 2 is 2.00 bits per heavy atom. The molecule has 1 fully saturated rings. The van der Waals surface area contributed by atoms with E-state index < -0.39 is 0 Å². The van der Waals surface area contributed by atoms with Crippen LogP contribution in [0.5, 0.6) is 5.75 Å². The number of hydrogen-bond acceptors (Lipinski definition) is 5. The van der Waals surface area contributed by atoms with Crippen LogP contribution in [0.25, 0.3) is 0 Å². The number of carbonyl (C=O) groups excluding carboxylic acids is 1. The molecule has 1 heterocycles. The number of rotatable bonds is 8. The molecule has 2 aromatic rings. The third-order valence-corrected chi connectivity index (χ3v) is 6.09.